The van der Waals surface area contributed by atoms with Crippen LogP contribution in [0.1, 0.15) is 0 Å². The van der Waals surface area contributed by atoms with Crippen molar-refractivity contribution in [3.8, 4) is 0 Å². The minimum atomic E-state index is 0. The van der Waals surface area contributed by atoms with Crippen molar-refractivity contribution < 1.29 is 44.8 Å². The molecule has 0 bridgehead atoms. The third-order valence-electron chi connectivity index (χ3n) is 4.49. The van der Waals surface area contributed by atoms with Crippen LogP contribution < -0.4 is 0 Å². The third kappa shape index (κ3) is 3.91. The molecule has 2 atom stereocenters. The van der Waals surface area contributed by atoms with Gasteiger partial charge in [0.15, 0.2) is 0 Å². The van der Waals surface area contributed by atoms with Crippen molar-refractivity contribution in [1.29, 1.82) is 0 Å². The monoisotopic (exact) mass is 751 g/mol. The Balaban J connectivity index is 0.00000105. The number of benzene rings is 4. The van der Waals surface area contributed by atoms with Crippen LogP contribution in [0.5, 0.6) is 0 Å². The molecule has 141 valence electrons. The van der Waals surface area contributed by atoms with E-state index in [9.17, 15) is 0 Å². The summed E-state index contributed by atoms with van der Waals surface area (Å²) in [6.45, 7) is 0. The summed E-state index contributed by atoms with van der Waals surface area (Å²) in [5.41, 5.74) is 0. The summed E-state index contributed by atoms with van der Waals surface area (Å²) in [4.78, 5) is 5.72. The van der Waals surface area contributed by atoms with E-state index in [2.05, 4.69) is 102 Å². The normalized spacial score (nSPS) is 17.6. The summed E-state index contributed by atoms with van der Waals surface area (Å²) in [7, 11) is 0.000785. The minimum absolute atomic E-state index is 0. The molecular weight excluding hydrogens is 734 g/mol. The average Bonchev–Trinajstić information content (AvgIpc) is 2.70. The van der Waals surface area contributed by atoms with Crippen LogP contribution in [-0.4, -0.2) is 0 Å². The first kappa shape index (κ1) is 21.0. The molecule has 1 aliphatic heterocycles. The Morgan fingerprint density at radius 2 is 0.963 bits per heavy atom. The first-order chi connectivity index (χ1) is 12.4. The van der Waals surface area contributed by atoms with Crippen LogP contribution in [-0.2, 0) is 66.6 Å². The molecule has 0 saturated heterocycles. The van der Waals surface area contributed by atoms with E-state index in [0.717, 1.165) is 0 Å². The maximum absolute atomic E-state index is 2.57. The first-order valence-electron chi connectivity index (χ1n) is 8.35. The van der Waals surface area contributed by atoms with E-state index < -0.39 is 0 Å². The smallest absolute Gasteiger partial charge is 0.0619 e. The Bertz CT molecular complexity index is 956. The fourth-order valence-corrected chi connectivity index (χ4v) is 8.65. The van der Waals surface area contributed by atoms with Gasteiger partial charge in [0, 0.05) is 22.4 Å². The summed E-state index contributed by atoms with van der Waals surface area (Å²) in [5.74, 6) is 0. The van der Waals surface area contributed by atoms with E-state index in [4.69, 9.17) is 0 Å². The molecule has 4 aromatic rings. The van der Waals surface area contributed by atoms with Gasteiger partial charge in [-0.25, -0.2) is 0 Å². The van der Waals surface area contributed by atoms with Gasteiger partial charge in [-0.05, 0) is 63.6 Å². The number of rotatable bonds is 2. The summed E-state index contributed by atoms with van der Waals surface area (Å²) in [5, 5.41) is 5.37. The van der Waals surface area contributed by atoms with Gasteiger partial charge in [0.25, 0.3) is 0 Å². The van der Waals surface area contributed by atoms with Gasteiger partial charge in [-0.2, -0.15) is 0 Å². The van der Waals surface area contributed by atoms with Crippen LogP contribution >= 0.6 is 0 Å². The van der Waals surface area contributed by atoms with E-state index in [1.807, 2.05) is 0 Å². The van der Waals surface area contributed by atoms with Gasteiger partial charge in [-0.1, -0.05) is 60.7 Å². The standard InChI is InChI=1S/C23H17S2.2Au/c1-3-11-19(12-4-1)24-17-25(20-13-5-2-6-14-20)22-16-8-10-18-9-7-15-21(24)23(18)22;;/h1-17H;;/q+1;;+1. The van der Waals surface area contributed by atoms with Crippen LogP contribution in [0, 0.1) is 5.08 Å². The summed E-state index contributed by atoms with van der Waals surface area (Å²) < 4.78 is 0. The Labute approximate surface area is 197 Å². The SMILES string of the molecule is [Au+].[Au].c1ccc([S+]2[CH-][S+](c3ccccc3)c3cccc4cccc2c34)cc1. The van der Waals surface area contributed by atoms with Gasteiger partial charge >= 0.3 is 22.4 Å². The van der Waals surface area contributed by atoms with Crippen molar-refractivity contribution in [3.63, 3.8) is 0 Å². The molecule has 1 aliphatic rings. The van der Waals surface area contributed by atoms with Gasteiger partial charge in [-0.3, -0.25) is 0 Å². The second-order valence-corrected chi connectivity index (χ2v) is 9.95. The quantitative estimate of drug-likeness (QED) is 0.133. The Kier molecular flexibility index (Phi) is 7.18. The molecule has 0 N–H and O–H groups in total. The van der Waals surface area contributed by atoms with Crippen LogP contribution in [0.4, 0.5) is 0 Å². The summed E-state index contributed by atoms with van der Waals surface area (Å²) in [6.07, 6.45) is 0. The summed E-state index contributed by atoms with van der Waals surface area (Å²) >= 11 is 0. The van der Waals surface area contributed by atoms with E-state index in [1.54, 1.807) is 0 Å². The van der Waals surface area contributed by atoms with Gasteiger partial charge in [0.2, 0.25) is 0 Å². The summed E-state index contributed by atoms with van der Waals surface area (Å²) in [6, 6.07) is 35.4. The van der Waals surface area contributed by atoms with Gasteiger partial charge in [-0.15, -0.1) is 0 Å². The zero-order chi connectivity index (χ0) is 16.6. The average molecular weight is 751 g/mol. The Morgan fingerprint density at radius 1 is 0.519 bits per heavy atom. The molecule has 0 aromatic heterocycles. The van der Waals surface area contributed by atoms with Crippen molar-refractivity contribution in [3.05, 3.63) is 102 Å². The maximum Gasteiger partial charge on any atom is 1.00 e. The Hall–Kier alpha value is -0.679. The molecule has 0 amide bonds. The topological polar surface area (TPSA) is 0 Å². The zero-order valence-corrected chi connectivity index (χ0v) is 20.2. The van der Waals surface area contributed by atoms with Crippen LogP contribution in [0.15, 0.2) is 117 Å². The van der Waals surface area contributed by atoms with Crippen LogP contribution in [0.25, 0.3) is 10.8 Å². The third-order valence-corrected chi connectivity index (χ3v) is 9.22. The molecular formula is C23H17Au2S2+2. The van der Waals surface area contributed by atoms with Crippen LogP contribution in [0.3, 0.4) is 0 Å². The fourth-order valence-electron chi connectivity index (χ4n) is 3.34. The molecule has 0 saturated carbocycles. The van der Waals surface area contributed by atoms with E-state index in [0.29, 0.717) is 0 Å². The molecule has 0 spiro atoms. The van der Waals surface area contributed by atoms with Crippen molar-refractivity contribution in [2.45, 2.75) is 19.6 Å². The second kappa shape index (κ2) is 9.21. The van der Waals surface area contributed by atoms with Crippen LogP contribution in [0.2, 0.25) is 0 Å². The van der Waals surface area contributed by atoms with Crippen molar-refractivity contribution in [2.24, 2.45) is 0 Å². The van der Waals surface area contributed by atoms with Crippen molar-refractivity contribution in [1.82, 2.24) is 0 Å². The molecule has 27 heavy (non-hydrogen) atoms. The molecule has 4 heteroatoms. The van der Waals surface area contributed by atoms with Crippen molar-refractivity contribution in [2.75, 3.05) is 0 Å². The van der Waals surface area contributed by atoms with E-state index in [1.165, 1.54) is 30.4 Å². The molecule has 1 radical (unpaired) electrons. The van der Waals surface area contributed by atoms with Gasteiger partial charge in [0.05, 0.1) is 5.39 Å². The molecule has 0 aliphatic carbocycles. The zero-order valence-electron chi connectivity index (χ0n) is 14.2. The Morgan fingerprint density at radius 3 is 1.41 bits per heavy atom. The number of hydrogen-bond acceptors (Lipinski definition) is 0. The van der Waals surface area contributed by atoms with Crippen molar-refractivity contribution >= 4 is 32.6 Å². The fraction of sp³-hybridized carbons (Fsp3) is 0. The predicted octanol–water partition coefficient (Wildman–Crippen LogP) is 6.04. The number of hydrogen-bond donors (Lipinski definition) is 0. The van der Waals surface area contributed by atoms with Gasteiger partial charge in [0.1, 0.15) is 24.7 Å². The maximum atomic E-state index is 2.57. The molecule has 1 heterocycles. The molecule has 0 nitrogen and oxygen atoms in total. The first-order valence-corrected chi connectivity index (χ1v) is 10.9. The predicted molar refractivity (Wildman–Crippen MR) is 109 cm³/mol. The molecule has 0 fully saturated rings. The molecule has 5 rings (SSSR count). The molecule has 2 unspecified atom stereocenters. The molecule has 4 aromatic carbocycles. The van der Waals surface area contributed by atoms with E-state index in [-0.39, 0.29) is 66.6 Å². The van der Waals surface area contributed by atoms with Gasteiger partial charge < -0.3 is 0 Å². The van der Waals surface area contributed by atoms with E-state index >= 15 is 0 Å². The largest absolute Gasteiger partial charge is 1.00 e. The minimum Gasteiger partial charge on any atom is -0.0619 e. The second-order valence-electron chi connectivity index (χ2n) is 6.01.